The average molecular weight is 272 g/mol. The van der Waals surface area contributed by atoms with Gasteiger partial charge >= 0.3 is 5.97 Å². The third-order valence-electron chi connectivity index (χ3n) is 2.53. The Morgan fingerprint density at radius 3 is 2.50 bits per heavy atom. The van der Waals surface area contributed by atoms with Crippen molar-refractivity contribution in [3.63, 3.8) is 0 Å². The van der Waals surface area contributed by atoms with Crippen molar-refractivity contribution in [1.82, 2.24) is 0 Å². The third-order valence-corrected chi connectivity index (χ3v) is 2.53. The van der Waals surface area contributed by atoms with Gasteiger partial charge in [0, 0.05) is 12.1 Å². The highest BCUT2D eigenvalue weighted by atomic mass is 16.4. The molecule has 20 heavy (non-hydrogen) atoms. The number of carbonyl (C=O) groups is 2. The van der Waals surface area contributed by atoms with Crippen molar-refractivity contribution in [3.05, 3.63) is 29.3 Å². The van der Waals surface area contributed by atoms with Gasteiger partial charge in [0.1, 0.15) is 12.1 Å². The fourth-order valence-electron chi connectivity index (χ4n) is 1.46. The predicted molar refractivity (Wildman–Crippen MR) is 69.3 cm³/mol. The normalized spacial score (nSPS) is 10.9. The van der Waals surface area contributed by atoms with Crippen LogP contribution in [-0.2, 0) is 9.59 Å². The van der Waals surface area contributed by atoms with Gasteiger partial charge in [-0.2, -0.15) is 10.5 Å². The van der Waals surface area contributed by atoms with Crippen LogP contribution in [0.2, 0.25) is 0 Å². The smallest absolute Gasteiger partial charge is 0.303 e. The summed E-state index contributed by atoms with van der Waals surface area (Å²) in [6.45, 7) is 0. The van der Waals surface area contributed by atoms with Crippen molar-refractivity contribution in [2.24, 2.45) is 5.73 Å². The van der Waals surface area contributed by atoms with E-state index in [4.69, 9.17) is 21.4 Å². The van der Waals surface area contributed by atoms with Crippen LogP contribution in [0.25, 0.3) is 0 Å². The molecular formula is C13H12N4O3. The second-order valence-electron chi connectivity index (χ2n) is 4.01. The number of carbonyl (C=O) groups excluding carboxylic acids is 1. The Balaban J connectivity index is 2.74. The Hall–Kier alpha value is -2.90. The molecule has 7 nitrogen and oxygen atoms in total. The van der Waals surface area contributed by atoms with Crippen LogP contribution in [-0.4, -0.2) is 23.0 Å². The van der Waals surface area contributed by atoms with E-state index in [0.717, 1.165) is 0 Å². The number of hydrogen-bond donors (Lipinski definition) is 3. The van der Waals surface area contributed by atoms with Crippen molar-refractivity contribution < 1.29 is 14.7 Å². The summed E-state index contributed by atoms with van der Waals surface area (Å²) >= 11 is 0. The lowest BCUT2D eigenvalue weighted by atomic mass is 10.1. The van der Waals surface area contributed by atoms with E-state index in [9.17, 15) is 9.59 Å². The van der Waals surface area contributed by atoms with E-state index in [1.54, 1.807) is 0 Å². The van der Waals surface area contributed by atoms with Crippen molar-refractivity contribution >= 4 is 17.6 Å². The number of nitrogens with one attached hydrogen (secondary N) is 1. The molecular weight excluding hydrogens is 260 g/mol. The summed E-state index contributed by atoms with van der Waals surface area (Å²) in [6.07, 6.45) is -0.187. The molecule has 0 aliphatic heterocycles. The van der Waals surface area contributed by atoms with Crippen LogP contribution in [0.4, 0.5) is 5.69 Å². The number of hydrogen-bond acceptors (Lipinski definition) is 5. The molecule has 1 aromatic carbocycles. The maximum absolute atomic E-state index is 11.7. The highest BCUT2D eigenvalue weighted by molar-refractivity contribution is 5.95. The van der Waals surface area contributed by atoms with E-state index in [2.05, 4.69) is 5.32 Å². The summed E-state index contributed by atoms with van der Waals surface area (Å²) in [5.41, 5.74) is 6.23. The molecule has 0 saturated carbocycles. The number of amides is 1. The number of nitrogens with zero attached hydrogens (tertiary/aromatic N) is 2. The Bertz CT molecular complexity index is 613. The Morgan fingerprint density at radius 1 is 1.30 bits per heavy atom. The minimum absolute atomic E-state index is 0.0164. The topological polar surface area (TPSA) is 140 Å². The molecule has 1 rings (SSSR count). The van der Waals surface area contributed by atoms with Crippen molar-refractivity contribution in [3.8, 4) is 12.1 Å². The second kappa shape index (κ2) is 6.88. The first kappa shape index (κ1) is 15.2. The monoisotopic (exact) mass is 272 g/mol. The summed E-state index contributed by atoms with van der Waals surface area (Å²) in [6, 6.07) is 7.00. The molecule has 7 heteroatoms. The minimum Gasteiger partial charge on any atom is -0.481 e. The first-order valence-electron chi connectivity index (χ1n) is 5.70. The number of nitrogens with two attached hydrogens (primary N) is 1. The van der Waals surface area contributed by atoms with E-state index in [1.807, 2.05) is 12.1 Å². The van der Waals surface area contributed by atoms with E-state index in [0.29, 0.717) is 5.69 Å². The number of carboxylic acids is 1. The standard InChI is InChI=1S/C13H12N4O3/c14-6-8-1-2-10(5-9(8)7-15)17-13(20)11(16)3-4-12(18)19/h1-2,5,11H,3-4,16H2,(H,17,20)(H,18,19). The molecule has 0 bridgehead atoms. The van der Waals surface area contributed by atoms with Gasteiger partial charge in [-0.05, 0) is 24.6 Å². The van der Waals surface area contributed by atoms with Crippen LogP contribution in [0.1, 0.15) is 24.0 Å². The Kier molecular flexibility index (Phi) is 5.21. The van der Waals surface area contributed by atoms with E-state index < -0.39 is 17.9 Å². The van der Waals surface area contributed by atoms with Gasteiger partial charge in [0.2, 0.25) is 5.91 Å². The lowest BCUT2D eigenvalue weighted by Gasteiger charge is -2.11. The molecule has 1 amide bonds. The highest BCUT2D eigenvalue weighted by Crippen LogP contribution is 2.15. The summed E-state index contributed by atoms with van der Waals surface area (Å²) < 4.78 is 0. The van der Waals surface area contributed by atoms with E-state index in [-0.39, 0.29) is 24.0 Å². The molecule has 0 aromatic heterocycles. The SMILES string of the molecule is N#Cc1ccc(NC(=O)C(N)CCC(=O)O)cc1C#N. The summed E-state index contributed by atoms with van der Waals surface area (Å²) in [4.78, 5) is 22.1. The molecule has 0 spiro atoms. The van der Waals surface area contributed by atoms with E-state index in [1.165, 1.54) is 18.2 Å². The molecule has 1 atom stereocenters. The van der Waals surface area contributed by atoms with Gasteiger partial charge in [0.25, 0.3) is 0 Å². The summed E-state index contributed by atoms with van der Waals surface area (Å²) in [5.74, 6) is -1.57. The molecule has 0 radical (unpaired) electrons. The number of rotatable bonds is 5. The van der Waals surface area contributed by atoms with Gasteiger partial charge in [0.15, 0.2) is 0 Å². The number of benzene rings is 1. The molecule has 4 N–H and O–H groups in total. The summed E-state index contributed by atoms with van der Waals surface area (Å²) in [7, 11) is 0. The zero-order valence-corrected chi connectivity index (χ0v) is 10.5. The maximum Gasteiger partial charge on any atom is 0.303 e. The first-order chi connectivity index (χ1) is 9.47. The maximum atomic E-state index is 11.7. The van der Waals surface area contributed by atoms with Gasteiger partial charge in [-0.25, -0.2) is 0 Å². The molecule has 0 heterocycles. The molecule has 1 aromatic rings. The van der Waals surface area contributed by atoms with Gasteiger partial charge in [-0.1, -0.05) is 0 Å². The largest absolute Gasteiger partial charge is 0.481 e. The number of aliphatic carboxylic acids is 1. The number of anilines is 1. The van der Waals surface area contributed by atoms with Crippen molar-refractivity contribution in [2.75, 3.05) is 5.32 Å². The van der Waals surface area contributed by atoms with Crippen LogP contribution >= 0.6 is 0 Å². The van der Waals surface area contributed by atoms with Crippen LogP contribution in [0.3, 0.4) is 0 Å². The average Bonchev–Trinajstić information content (AvgIpc) is 2.44. The molecule has 0 saturated heterocycles. The van der Waals surface area contributed by atoms with Gasteiger partial charge < -0.3 is 16.2 Å². The predicted octanol–water partition coefficient (Wildman–Crippen LogP) is 0.561. The van der Waals surface area contributed by atoms with Crippen LogP contribution in [0.15, 0.2) is 18.2 Å². The zero-order chi connectivity index (χ0) is 15.1. The molecule has 0 fully saturated rings. The van der Waals surface area contributed by atoms with Crippen LogP contribution in [0, 0.1) is 22.7 Å². The van der Waals surface area contributed by atoms with E-state index >= 15 is 0 Å². The van der Waals surface area contributed by atoms with Crippen LogP contribution in [0.5, 0.6) is 0 Å². The second-order valence-corrected chi connectivity index (χ2v) is 4.01. The first-order valence-corrected chi connectivity index (χ1v) is 5.70. The minimum atomic E-state index is -1.03. The van der Waals surface area contributed by atoms with Crippen molar-refractivity contribution in [1.29, 1.82) is 10.5 Å². The number of carboxylic acid groups (broad SMARTS) is 1. The van der Waals surface area contributed by atoms with Crippen LogP contribution < -0.4 is 11.1 Å². The molecule has 1 unspecified atom stereocenters. The fraction of sp³-hybridized carbons (Fsp3) is 0.231. The molecule has 0 aliphatic rings. The lowest BCUT2D eigenvalue weighted by Crippen LogP contribution is -2.36. The number of nitriles is 2. The summed E-state index contributed by atoms with van der Waals surface area (Å²) in [5, 5.41) is 28.6. The molecule has 102 valence electrons. The van der Waals surface area contributed by atoms with Crippen molar-refractivity contribution in [2.45, 2.75) is 18.9 Å². The Labute approximate surface area is 115 Å². The lowest BCUT2D eigenvalue weighted by molar-refractivity contribution is -0.137. The van der Waals surface area contributed by atoms with Gasteiger partial charge in [-0.15, -0.1) is 0 Å². The quantitative estimate of drug-likeness (QED) is 0.715. The molecule has 0 aliphatic carbocycles. The van der Waals surface area contributed by atoms with Gasteiger partial charge in [0.05, 0.1) is 17.2 Å². The fourth-order valence-corrected chi connectivity index (χ4v) is 1.46. The highest BCUT2D eigenvalue weighted by Gasteiger charge is 2.15. The zero-order valence-electron chi connectivity index (χ0n) is 10.5. The van der Waals surface area contributed by atoms with Gasteiger partial charge in [-0.3, -0.25) is 9.59 Å². The Morgan fingerprint density at radius 2 is 1.95 bits per heavy atom. The third kappa shape index (κ3) is 4.09.